The van der Waals surface area contributed by atoms with Gasteiger partial charge in [0.15, 0.2) is 0 Å². The van der Waals surface area contributed by atoms with Crippen LogP contribution in [0.5, 0.6) is 0 Å². The lowest BCUT2D eigenvalue weighted by Crippen LogP contribution is -2.46. The first kappa shape index (κ1) is 13.7. The molecule has 1 N–H and O–H groups in total. The zero-order valence-corrected chi connectivity index (χ0v) is 11.2. The molecule has 0 saturated carbocycles. The highest BCUT2D eigenvalue weighted by atomic mass is 16.5. The van der Waals surface area contributed by atoms with E-state index in [1.54, 1.807) is 10.9 Å². The minimum Gasteiger partial charge on any atom is -0.468 e. The van der Waals surface area contributed by atoms with Crippen molar-refractivity contribution in [3.8, 4) is 0 Å². The summed E-state index contributed by atoms with van der Waals surface area (Å²) in [6.07, 6.45) is 3.70. The summed E-state index contributed by atoms with van der Waals surface area (Å²) in [6, 6.07) is -0.326. The van der Waals surface area contributed by atoms with Crippen molar-refractivity contribution in [3.63, 3.8) is 0 Å². The Morgan fingerprint density at radius 3 is 2.65 bits per heavy atom. The maximum atomic E-state index is 11.7. The van der Waals surface area contributed by atoms with Gasteiger partial charge >= 0.3 is 5.97 Å². The lowest BCUT2D eigenvalue weighted by Gasteiger charge is -2.29. The number of esters is 1. The maximum absolute atomic E-state index is 11.7. The highest BCUT2D eigenvalue weighted by Gasteiger charge is 2.31. The number of carbonyl (C=O) groups excluding carboxylic acids is 1. The molecule has 0 aliphatic rings. The van der Waals surface area contributed by atoms with Gasteiger partial charge in [-0.1, -0.05) is 20.8 Å². The first-order chi connectivity index (χ1) is 7.84. The Kier molecular flexibility index (Phi) is 4.28. The molecule has 17 heavy (non-hydrogen) atoms. The molecule has 5 heteroatoms. The van der Waals surface area contributed by atoms with Gasteiger partial charge in [0.1, 0.15) is 6.04 Å². The topological polar surface area (TPSA) is 56.1 Å². The number of hydrogen-bond acceptors (Lipinski definition) is 4. The third-order valence-corrected chi connectivity index (χ3v) is 2.57. The molecule has 1 aromatic heterocycles. The number of ether oxygens (including phenoxy) is 1. The van der Waals surface area contributed by atoms with E-state index in [4.69, 9.17) is 4.74 Å². The summed E-state index contributed by atoms with van der Waals surface area (Å²) >= 11 is 0. The predicted octanol–water partition coefficient (Wildman–Crippen LogP) is 1.10. The van der Waals surface area contributed by atoms with Crippen LogP contribution in [0.2, 0.25) is 0 Å². The van der Waals surface area contributed by atoms with Crippen molar-refractivity contribution in [1.82, 2.24) is 15.1 Å². The fourth-order valence-electron chi connectivity index (χ4n) is 1.64. The molecular formula is C12H21N3O2. The molecule has 1 heterocycles. The van der Waals surface area contributed by atoms with E-state index in [-0.39, 0.29) is 17.4 Å². The zero-order valence-electron chi connectivity index (χ0n) is 11.2. The molecule has 0 fully saturated rings. The van der Waals surface area contributed by atoms with Gasteiger partial charge in [0, 0.05) is 25.4 Å². The van der Waals surface area contributed by atoms with Crippen LogP contribution in [0.4, 0.5) is 0 Å². The Balaban J connectivity index is 2.65. The molecule has 0 amide bonds. The van der Waals surface area contributed by atoms with E-state index in [9.17, 15) is 4.79 Å². The van der Waals surface area contributed by atoms with Gasteiger partial charge in [-0.05, 0) is 5.41 Å². The van der Waals surface area contributed by atoms with Gasteiger partial charge in [-0.25, -0.2) is 0 Å². The van der Waals surface area contributed by atoms with E-state index in [1.165, 1.54) is 7.11 Å². The van der Waals surface area contributed by atoms with Crippen molar-refractivity contribution in [2.75, 3.05) is 7.11 Å². The number of methoxy groups -OCH3 is 1. The first-order valence-electron chi connectivity index (χ1n) is 5.63. The molecule has 0 radical (unpaired) electrons. The monoisotopic (exact) mass is 239 g/mol. The Morgan fingerprint density at radius 2 is 2.24 bits per heavy atom. The van der Waals surface area contributed by atoms with Crippen molar-refractivity contribution >= 4 is 5.97 Å². The van der Waals surface area contributed by atoms with Gasteiger partial charge in [-0.2, -0.15) is 5.10 Å². The van der Waals surface area contributed by atoms with Crippen molar-refractivity contribution in [2.24, 2.45) is 12.5 Å². The molecule has 1 atom stereocenters. The van der Waals surface area contributed by atoms with Gasteiger partial charge in [-0.3, -0.25) is 14.8 Å². The van der Waals surface area contributed by atoms with Crippen LogP contribution in [0.25, 0.3) is 0 Å². The molecule has 1 rings (SSSR count). The number of rotatable bonds is 4. The van der Waals surface area contributed by atoms with E-state index < -0.39 is 0 Å². The summed E-state index contributed by atoms with van der Waals surface area (Å²) in [7, 11) is 3.28. The second kappa shape index (κ2) is 5.31. The quantitative estimate of drug-likeness (QED) is 0.799. The van der Waals surface area contributed by atoms with E-state index in [2.05, 4.69) is 10.4 Å². The van der Waals surface area contributed by atoms with Gasteiger partial charge in [0.25, 0.3) is 0 Å². The van der Waals surface area contributed by atoms with E-state index >= 15 is 0 Å². The third-order valence-electron chi connectivity index (χ3n) is 2.57. The zero-order chi connectivity index (χ0) is 13.1. The summed E-state index contributed by atoms with van der Waals surface area (Å²) in [5.74, 6) is -0.235. The van der Waals surface area contributed by atoms with Crippen LogP contribution >= 0.6 is 0 Å². The molecule has 1 aromatic rings. The number of aromatic nitrogens is 2. The second-order valence-corrected chi connectivity index (χ2v) is 5.23. The molecule has 96 valence electrons. The van der Waals surface area contributed by atoms with Crippen LogP contribution in [0.3, 0.4) is 0 Å². The average Bonchev–Trinajstić information content (AvgIpc) is 2.62. The third kappa shape index (κ3) is 3.85. The molecule has 0 bridgehead atoms. The number of nitrogens with one attached hydrogen (secondary N) is 1. The number of nitrogens with zero attached hydrogens (tertiary/aromatic N) is 2. The summed E-state index contributed by atoms with van der Waals surface area (Å²) < 4.78 is 6.55. The number of carbonyl (C=O) groups is 1. The van der Waals surface area contributed by atoms with Crippen LogP contribution in [-0.2, 0) is 23.1 Å². The fourth-order valence-corrected chi connectivity index (χ4v) is 1.64. The molecular weight excluding hydrogens is 218 g/mol. The van der Waals surface area contributed by atoms with Crippen molar-refractivity contribution in [2.45, 2.75) is 33.4 Å². The average molecular weight is 239 g/mol. The molecule has 5 nitrogen and oxygen atoms in total. The highest BCUT2D eigenvalue weighted by molar-refractivity contribution is 5.76. The molecule has 0 unspecified atom stereocenters. The van der Waals surface area contributed by atoms with Crippen molar-refractivity contribution in [1.29, 1.82) is 0 Å². The predicted molar refractivity (Wildman–Crippen MR) is 65.3 cm³/mol. The Morgan fingerprint density at radius 1 is 1.59 bits per heavy atom. The van der Waals surface area contributed by atoms with Gasteiger partial charge in [-0.15, -0.1) is 0 Å². The smallest absolute Gasteiger partial charge is 0.323 e. The number of aryl methyl sites for hydroxylation is 1. The van der Waals surface area contributed by atoms with E-state index in [0.717, 1.165) is 5.56 Å². The maximum Gasteiger partial charge on any atom is 0.323 e. The van der Waals surface area contributed by atoms with Gasteiger partial charge < -0.3 is 4.74 Å². The molecule has 0 aliphatic carbocycles. The SMILES string of the molecule is COC(=O)[C@@H](NCc1cnn(C)c1)C(C)(C)C. The van der Waals surface area contributed by atoms with Crippen LogP contribution in [-0.4, -0.2) is 28.9 Å². The molecule has 0 aliphatic heterocycles. The summed E-state index contributed by atoms with van der Waals surface area (Å²) in [5.41, 5.74) is 0.862. The fraction of sp³-hybridized carbons (Fsp3) is 0.667. The minimum atomic E-state index is -0.326. The van der Waals surface area contributed by atoms with Crippen LogP contribution in [0.1, 0.15) is 26.3 Å². The number of hydrogen-bond donors (Lipinski definition) is 1. The van der Waals surface area contributed by atoms with Crippen molar-refractivity contribution < 1.29 is 9.53 Å². The lowest BCUT2D eigenvalue weighted by atomic mass is 9.86. The first-order valence-corrected chi connectivity index (χ1v) is 5.63. The minimum absolute atomic E-state index is 0.185. The van der Waals surface area contributed by atoms with E-state index in [1.807, 2.05) is 34.0 Å². The van der Waals surface area contributed by atoms with Crippen LogP contribution in [0, 0.1) is 5.41 Å². The van der Waals surface area contributed by atoms with Crippen molar-refractivity contribution in [3.05, 3.63) is 18.0 Å². The van der Waals surface area contributed by atoms with E-state index in [0.29, 0.717) is 6.54 Å². The van der Waals surface area contributed by atoms with Gasteiger partial charge in [0.2, 0.25) is 0 Å². The standard InChI is InChI=1S/C12H21N3O2/c1-12(2,3)10(11(16)17-5)13-6-9-7-14-15(4)8-9/h7-8,10,13H,6H2,1-5H3/t10-/m1/s1. The molecule has 0 spiro atoms. The summed E-state index contributed by atoms with van der Waals surface area (Å²) in [4.78, 5) is 11.7. The van der Waals surface area contributed by atoms with Gasteiger partial charge in [0.05, 0.1) is 13.3 Å². The Hall–Kier alpha value is -1.36. The molecule has 0 saturated heterocycles. The Labute approximate surface area is 102 Å². The highest BCUT2D eigenvalue weighted by Crippen LogP contribution is 2.20. The summed E-state index contributed by atoms with van der Waals surface area (Å²) in [6.45, 7) is 6.62. The largest absolute Gasteiger partial charge is 0.468 e. The van der Waals surface area contributed by atoms with Crippen LogP contribution in [0.15, 0.2) is 12.4 Å². The Bertz CT molecular complexity index is 379. The summed E-state index contributed by atoms with van der Waals surface area (Å²) in [5, 5.41) is 7.29. The second-order valence-electron chi connectivity index (χ2n) is 5.23. The molecule has 0 aromatic carbocycles. The van der Waals surface area contributed by atoms with Crippen LogP contribution < -0.4 is 5.32 Å². The lowest BCUT2D eigenvalue weighted by molar-refractivity contribution is -0.146. The normalized spacial score (nSPS) is 13.5.